The van der Waals surface area contributed by atoms with Gasteiger partial charge in [0.05, 0.1) is 11.7 Å². The first-order valence-electron chi connectivity index (χ1n) is 8.17. The minimum Gasteiger partial charge on any atom is -0.490 e. The molecule has 1 aliphatic rings. The molecule has 2 rings (SSSR count). The van der Waals surface area contributed by atoms with Crippen LogP contribution in [0.1, 0.15) is 50.4 Å². The maximum Gasteiger partial charge on any atom is 0.167 e. The number of carbonyl (C=O) groups excluding carboxylic acids is 1. The zero-order chi connectivity index (χ0) is 16.1. The number of ether oxygens (including phenoxy) is 1. The van der Waals surface area contributed by atoms with Crippen LogP contribution in [0.15, 0.2) is 18.2 Å². The van der Waals surface area contributed by atoms with Crippen molar-refractivity contribution in [3.05, 3.63) is 28.8 Å². The highest BCUT2D eigenvalue weighted by molar-refractivity contribution is 6.31. The van der Waals surface area contributed by atoms with Gasteiger partial charge in [0.15, 0.2) is 5.78 Å². The van der Waals surface area contributed by atoms with E-state index < -0.39 is 0 Å². The second kappa shape index (κ2) is 7.98. The van der Waals surface area contributed by atoms with Gasteiger partial charge in [0.1, 0.15) is 5.75 Å². The first kappa shape index (κ1) is 17.3. The van der Waals surface area contributed by atoms with E-state index in [1.807, 2.05) is 13.8 Å². The van der Waals surface area contributed by atoms with Gasteiger partial charge in [-0.1, -0.05) is 18.5 Å². The van der Waals surface area contributed by atoms with Crippen molar-refractivity contribution in [2.75, 3.05) is 19.6 Å². The maximum absolute atomic E-state index is 12.6. The zero-order valence-electron chi connectivity index (χ0n) is 13.8. The van der Waals surface area contributed by atoms with Gasteiger partial charge in [-0.25, -0.2) is 0 Å². The molecule has 0 aliphatic carbocycles. The van der Waals surface area contributed by atoms with E-state index in [1.165, 1.54) is 12.8 Å². The van der Waals surface area contributed by atoms with Gasteiger partial charge in [0, 0.05) is 24.5 Å². The molecule has 1 aromatic rings. The molecule has 4 heteroatoms. The summed E-state index contributed by atoms with van der Waals surface area (Å²) in [5, 5.41) is 0.575. The van der Waals surface area contributed by atoms with Gasteiger partial charge in [-0.3, -0.25) is 4.79 Å². The smallest absolute Gasteiger partial charge is 0.167 e. The molecule has 1 unspecified atom stereocenters. The van der Waals surface area contributed by atoms with E-state index in [9.17, 15) is 4.79 Å². The molecule has 1 heterocycles. The van der Waals surface area contributed by atoms with E-state index in [0.29, 0.717) is 22.8 Å². The monoisotopic (exact) mass is 323 g/mol. The Morgan fingerprint density at radius 1 is 1.45 bits per heavy atom. The third-order valence-corrected chi connectivity index (χ3v) is 4.24. The van der Waals surface area contributed by atoms with Crippen molar-refractivity contribution in [1.29, 1.82) is 0 Å². The zero-order valence-corrected chi connectivity index (χ0v) is 14.5. The number of piperidine rings is 1. The molecule has 1 aromatic carbocycles. The molecule has 122 valence electrons. The van der Waals surface area contributed by atoms with Gasteiger partial charge in [-0.2, -0.15) is 0 Å². The topological polar surface area (TPSA) is 29.5 Å². The minimum absolute atomic E-state index is 0.0377. The Balaban J connectivity index is 2.00. The Kier molecular flexibility index (Phi) is 6.27. The molecule has 1 aliphatic heterocycles. The van der Waals surface area contributed by atoms with Gasteiger partial charge < -0.3 is 9.64 Å². The summed E-state index contributed by atoms with van der Waals surface area (Å²) in [6.07, 6.45) is 3.08. The second-order valence-corrected chi connectivity index (χ2v) is 6.96. The number of ketones is 1. The molecule has 0 spiro atoms. The van der Waals surface area contributed by atoms with Crippen LogP contribution in [0.3, 0.4) is 0 Å². The van der Waals surface area contributed by atoms with Crippen LogP contribution in [-0.2, 0) is 0 Å². The Labute approximate surface area is 138 Å². The summed E-state index contributed by atoms with van der Waals surface area (Å²) < 4.78 is 5.74. The van der Waals surface area contributed by atoms with Crippen molar-refractivity contribution in [3.8, 4) is 5.75 Å². The third-order valence-electron chi connectivity index (χ3n) is 4.00. The molecule has 0 bridgehead atoms. The molecular formula is C18H26ClNO2. The fourth-order valence-corrected chi connectivity index (χ4v) is 3.13. The molecule has 0 N–H and O–H groups in total. The number of likely N-dealkylation sites (tertiary alicyclic amines) is 1. The standard InChI is InChI=1S/C18H26ClNO2/c1-13(2)22-18-7-6-15(19)11-16(18)17(21)8-10-20-9-4-5-14(3)12-20/h6-7,11,13-14H,4-5,8-10,12H2,1-3H3. The summed E-state index contributed by atoms with van der Waals surface area (Å²) in [6.45, 7) is 9.20. The van der Waals surface area contributed by atoms with Crippen molar-refractivity contribution in [3.63, 3.8) is 0 Å². The highest BCUT2D eigenvalue weighted by Gasteiger charge is 2.19. The maximum atomic E-state index is 12.6. The van der Waals surface area contributed by atoms with Crippen molar-refractivity contribution >= 4 is 17.4 Å². The molecule has 0 amide bonds. The summed E-state index contributed by atoms with van der Waals surface area (Å²) in [6, 6.07) is 5.28. The van der Waals surface area contributed by atoms with Crippen LogP contribution in [0.2, 0.25) is 5.02 Å². The summed E-state index contributed by atoms with van der Waals surface area (Å²) in [5.74, 6) is 1.47. The van der Waals surface area contributed by atoms with Crippen LogP contribution < -0.4 is 4.74 Å². The molecular weight excluding hydrogens is 298 g/mol. The average Bonchev–Trinajstić information content (AvgIpc) is 2.46. The minimum atomic E-state index is 0.0377. The molecule has 1 atom stereocenters. The lowest BCUT2D eigenvalue weighted by Gasteiger charge is -2.30. The van der Waals surface area contributed by atoms with Crippen LogP contribution in [0.5, 0.6) is 5.75 Å². The van der Waals surface area contributed by atoms with Crippen LogP contribution in [0, 0.1) is 5.92 Å². The fraction of sp³-hybridized carbons (Fsp3) is 0.611. The van der Waals surface area contributed by atoms with Gasteiger partial charge in [-0.05, 0) is 57.4 Å². The number of Topliss-reactive ketones (excluding diaryl/α,β-unsaturated/α-hetero) is 1. The second-order valence-electron chi connectivity index (χ2n) is 6.53. The molecule has 0 aromatic heterocycles. The lowest BCUT2D eigenvalue weighted by Crippen LogP contribution is -2.35. The summed E-state index contributed by atoms with van der Waals surface area (Å²) in [5.41, 5.74) is 0.603. The number of hydrogen-bond acceptors (Lipinski definition) is 3. The summed E-state index contributed by atoms with van der Waals surface area (Å²) in [7, 11) is 0. The van der Waals surface area contributed by atoms with Gasteiger partial charge in [0.2, 0.25) is 0 Å². The van der Waals surface area contributed by atoms with E-state index in [2.05, 4.69) is 11.8 Å². The van der Waals surface area contributed by atoms with Crippen molar-refractivity contribution in [2.24, 2.45) is 5.92 Å². The number of rotatable bonds is 6. The van der Waals surface area contributed by atoms with Crippen LogP contribution in [-0.4, -0.2) is 36.4 Å². The highest BCUT2D eigenvalue weighted by Crippen LogP contribution is 2.25. The number of nitrogens with zero attached hydrogens (tertiary/aromatic N) is 1. The molecule has 3 nitrogen and oxygen atoms in total. The van der Waals surface area contributed by atoms with Gasteiger partial charge >= 0.3 is 0 Å². The van der Waals surface area contributed by atoms with E-state index in [-0.39, 0.29) is 11.9 Å². The van der Waals surface area contributed by atoms with Gasteiger partial charge in [0.25, 0.3) is 0 Å². The normalized spacial score (nSPS) is 19.4. The predicted octanol–water partition coefficient (Wildman–Crippen LogP) is 4.43. The third kappa shape index (κ3) is 4.99. The van der Waals surface area contributed by atoms with E-state index in [0.717, 1.165) is 25.6 Å². The molecule has 22 heavy (non-hydrogen) atoms. The van der Waals surface area contributed by atoms with E-state index in [4.69, 9.17) is 16.3 Å². The fourth-order valence-electron chi connectivity index (χ4n) is 2.96. The number of carbonyl (C=O) groups is 1. The first-order chi connectivity index (χ1) is 10.5. The molecule has 0 radical (unpaired) electrons. The SMILES string of the molecule is CC1CCCN(CCC(=O)c2cc(Cl)ccc2OC(C)C)C1. The quantitative estimate of drug-likeness (QED) is 0.725. The Bertz CT molecular complexity index is 516. The Morgan fingerprint density at radius 3 is 2.91 bits per heavy atom. The first-order valence-corrected chi connectivity index (χ1v) is 8.55. The van der Waals surface area contributed by atoms with Crippen molar-refractivity contribution in [2.45, 2.75) is 46.1 Å². The molecule has 0 saturated carbocycles. The Hall–Kier alpha value is -1.06. The van der Waals surface area contributed by atoms with E-state index >= 15 is 0 Å². The van der Waals surface area contributed by atoms with Crippen LogP contribution in [0.4, 0.5) is 0 Å². The van der Waals surface area contributed by atoms with Gasteiger partial charge in [-0.15, -0.1) is 0 Å². The Morgan fingerprint density at radius 2 is 2.23 bits per heavy atom. The molecule has 1 saturated heterocycles. The van der Waals surface area contributed by atoms with Crippen molar-refractivity contribution < 1.29 is 9.53 Å². The van der Waals surface area contributed by atoms with Crippen molar-refractivity contribution in [1.82, 2.24) is 4.90 Å². The highest BCUT2D eigenvalue weighted by atomic mass is 35.5. The number of benzene rings is 1. The predicted molar refractivity (Wildman–Crippen MR) is 91.0 cm³/mol. The lowest BCUT2D eigenvalue weighted by atomic mass is 9.99. The van der Waals surface area contributed by atoms with Crippen LogP contribution >= 0.6 is 11.6 Å². The number of hydrogen-bond donors (Lipinski definition) is 0. The lowest BCUT2D eigenvalue weighted by molar-refractivity contribution is 0.0943. The summed E-state index contributed by atoms with van der Waals surface area (Å²) in [4.78, 5) is 14.9. The average molecular weight is 324 g/mol. The largest absolute Gasteiger partial charge is 0.490 e. The van der Waals surface area contributed by atoms with Crippen LogP contribution in [0.25, 0.3) is 0 Å². The van der Waals surface area contributed by atoms with E-state index in [1.54, 1.807) is 18.2 Å². The molecule has 1 fully saturated rings. The summed E-state index contributed by atoms with van der Waals surface area (Å²) >= 11 is 6.05. The number of halogens is 1.